The number of aryl methyl sites for hydroxylation is 1. The molecule has 144 valence electrons. The van der Waals surface area contributed by atoms with Crippen LogP contribution in [0.1, 0.15) is 37.8 Å². The van der Waals surface area contributed by atoms with Crippen LogP contribution in [0.25, 0.3) is 0 Å². The summed E-state index contributed by atoms with van der Waals surface area (Å²) >= 11 is 0. The van der Waals surface area contributed by atoms with E-state index in [-0.39, 0.29) is 19.8 Å². The van der Waals surface area contributed by atoms with Crippen molar-refractivity contribution in [3.63, 3.8) is 0 Å². The third-order valence-corrected chi connectivity index (χ3v) is 4.87. The van der Waals surface area contributed by atoms with Gasteiger partial charge in [0.25, 0.3) is 0 Å². The quantitative estimate of drug-likeness (QED) is 0.410. The van der Waals surface area contributed by atoms with Crippen LogP contribution in [-0.2, 0) is 28.6 Å². The van der Waals surface area contributed by atoms with E-state index >= 15 is 0 Å². The van der Waals surface area contributed by atoms with E-state index in [2.05, 4.69) is 0 Å². The van der Waals surface area contributed by atoms with Crippen molar-refractivity contribution >= 4 is 17.9 Å². The summed E-state index contributed by atoms with van der Waals surface area (Å²) in [5.74, 6) is -3.88. The average molecular weight is 373 g/mol. The number of nitriles is 1. The van der Waals surface area contributed by atoms with E-state index < -0.39 is 34.7 Å². The van der Waals surface area contributed by atoms with Gasteiger partial charge in [-0.15, -0.1) is 0 Å². The van der Waals surface area contributed by atoms with Gasteiger partial charge in [-0.05, 0) is 38.8 Å². The highest BCUT2D eigenvalue weighted by molar-refractivity contribution is 6.15. The number of rotatable bonds is 7. The van der Waals surface area contributed by atoms with Gasteiger partial charge in [0, 0.05) is 5.92 Å². The topological polar surface area (TPSA) is 103 Å². The number of esters is 3. The van der Waals surface area contributed by atoms with Crippen LogP contribution in [0, 0.1) is 29.1 Å². The number of ether oxygens (including phenoxy) is 3. The molecule has 1 saturated carbocycles. The van der Waals surface area contributed by atoms with Crippen LogP contribution >= 0.6 is 0 Å². The molecule has 0 aromatic heterocycles. The van der Waals surface area contributed by atoms with E-state index in [0.29, 0.717) is 5.56 Å². The minimum absolute atomic E-state index is 0.00445. The molecule has 0 spiro atoms. The number of carbonyl (C=O) groups excluding carboxylic acids is 3. The van der Waals surface area contributed by atoms with Crippen molar-refractivity contribution < 1.29 is 28.6 Å². The zero-order valence-corrected chi connectivity index (χ0v) is 15.9. The first kappa shape index (κ1) is 20.4. The average Bonchev–Trinajstić information content (AvgIpc) is 3.28. The van der Waals surface area contributed by atoms with E-state index in [0.717, 1.165) is 5.56 Å². The maximum absolute atomic E-state index is 12.9. The molecule has 2 atom stereocenters. The Labute approximate surface area is 158 Å². The standard InChI is InChI=1S/C20H23NO6/c1-5-25-16(22)19(12-21)15(14-11-9-8-10-13(14)4)20(19,17(23)26-6-2)18(24)27-7-3/h8-11,15H,5-7H2,1-4H3/t15-,19+/m0/s1. The third kappa shape index (κ3) is 2.76. The second-order valence-corrected chi connectivity index (χ2v) is 6.18. The molecule has 1 aliphatic carbocycles. The zero-order valence-electron chi connectivity index (χ0n) is 15.9. The fourth-order valence-electron chi connectivity index (χ4n) is 3.70. The first-order chi connectivity index (χ1) is 12.9. The highest BCUT2D eigenvalue weighted by atomic mass is 16.6. The molecule has 0 heterocycles. The van der Waals surface area contributed by atoms with Crippen molar-refractivity contribution in [2.45, 2.75) is 33.6 Å². The summed E-state index contributed by atoms with van der Waals surface area (Å²) < 4.78 is 15.3. The molecule has 0 N–H and O–H groups in total. The third-order valence-electron chi connectivity index (χ3n) is 4.87. The Hall–Kier alpha value is -2.88. The Kier molecular flexibility index (Phi) is 5.89. The number of nitrogens with zero attached hydrogens (tertiary/aromatic N) is 1. The monoisotopic (exact) mass is 373 g/mol. The second-order valence-electron chi connectivity index (χ2n) is 6.18. The first-order valence-electron chi connectivity index (χ1n) is 8.88. The Morgan fingerprint density at radius 2 is 1.44 bits per heavy atom. The van der Waals surface area contributed by atoms with Gasteiger partial charge in [0.05, 0.1) is 25.9 Å². The fourth-order valence-corrected chi connectivity index (χ4v) is 3.70. The molecule has 0 unspecified atom stereocenters. The van der Waals surface area contributed by atoms with Crippen LogP contribution in [0.2, 0.25) is 0 Å². The number of benzene rings is 1. The molecule has 1 aromatic carbocycles. The molecule has 27 heavy (non-hydrogen) atoms. The molecule has 7 heteroatoms. The van der Waals surface area contributed by atoms with E-state index in [1.807, 2.05) is 6.07 Å². The Balaban J connectivity index is 2.77. The molecule has 0 radical (unpaired) electrons. The molecule has 0 bridgehead atoms. The number of hydrogen-bond acceptors (Lipinski definition) is 7. The maximum atomic E-state index is 12.9. The van der Waals surface area contributed by atoms with Crippen LogP contribution < -0.4 is 0 Å². The van der Waals surface area contributed by atoms with E-state index in [9.17, 15) is 19.6 Å². The van der Waals surface area contributed by atoms with E-state index in [4.69, 9.17) is 14.2 Å². The Bertz CT molecular complexity index is 778. The maximum Gasteiger partial charge on any atom is 0.329 e. The minimum atomic E-state index is -2.09. The van der Waals surface area contributed by atoms with Crippen LogP contribution in [0.4, 0.5) is 0 Å². The second kappa shape index (κ2) is 7.78. The van der Waals surface area contributed by atoms with Crippen molar-refractivity contribution in [2.24, 2.45) is 10.8 Å². The summed E-state index contributed by atoms with van der Waals surface area (Å²) in [6.45, 7) is 6.52. The molecule has 0 saturated heterocycles. The van der Waals surface area contributed by atoms with Gasteiger partial charge in [0.15, 0.2) is 5.41 Å². The summed E-state index contributed by atoms with van der Waals surface area (Å²) in [6.07, 6.45) is 0. The normalized spacial score (nSPS) is 22.3. The Morgan fingerprint density at radius 1 is 0.963 bits per heavy atom. The Morgan fingerprint density at radius 3 is 1.89 bits per heavy atom. The smallest absolute Gasteiger partial charge is 0.329 e. The molecule has 0 amide bonds. The predicted molar refractivity (Wildman–Crippen MR) is 94.3 cm³/mol. The summed E-state index contributed by atoms with van der Waals surface area (Å²) in [5.41, 5.74) is -2.85. The fraction of sp³-hybridized carbons (Fsp3) is 0.500. The number of carbonyl (C=O) groups is 3. The molecule has 7 nitrogen and oxygen atoms in total. The molecule has 1 aliphatic rings. The highest BCUT2D eigenvalue weighted by Gasteiger charge is 2.92. The largest absolute Gasteiger partial charge is 0.465 e. The van der Waals surface area contributed by atoms with Gasteiger partial charge in [0.2, 0.25) is 5.41 Å². The van der Waals surface area contributed by atoms with Crippen molar-refractivity contribution in [1.29, 1.82) is 5.26 Å². The van der Waals surface area contributed by atoms with Gasteiger partial charge >= 0.3 is 17.9 Å². The lowest BCUT2D eigenvalue weighted by Gasteiger charge is -2.17. The molecule has 2 rings (SSSR count). The minimum Gasteiger partial charge on any atom is -0.465 e. The van der Waals surface area contributed by atoms with Gasteiger partial charge < -0.3 is 14.2 Å². The summed E-state index contributed by atoms with van der Waals surface area (Å²) in [4.78, 5) is 38.7. The van der Waals surface area contributed by atoms with Gasteiger partial charge in [-0.25, -0.2) is 0 Å². The zero-order chi connectivity index (χ0) is 20.2. The van der Waals surface area contributed by atoms with Gasteiger partial charge in [-0.2, -0.15) is 5.26 Å². The predicted octanol–water partition coefficient (Wildman–Crippen LogP) is 2.28. The highest BCUT2D eigenvalue weighted by Crippen LogP contribution is 2.76. The molecular formula is C20H23NO6. The van der Waals surface area contributed by atoms with Crippen molar-refractivity contribution in [3.8, 4) is 6.07 Å². The van der Waals surface area contributed by atoms with Crippen LogP contribution in [0.5, 0.6) is 0 Å². The summed E-state index contributed by atoms with van der Waals surface area (Å²) in [5, 5.41) is 9.98. The van der Waals surface area contributed by atoms with Crippen LogP contribution in [0.15, 0.2) is 24.3 Å². The summed E-state index contributed by atoms with van der Waals surface area (Å²) in [7, 11) is 0. The molecule has 1 fully saturated rings. The van der Waals surface area contributed by atoms with Gasteiger partial charge in [0.1, 0.15) is 0 Å². The van der Waals surface area contributed by atoms with Crippen molar-refractivity contribution in [3.05, 3.63) is 35.4 Å². The lowest BCUT2D eigenvalue weighted by molar-refractivity contribution is -0.170. The molecule has 1 aromatic rings. The van der Waals surface area contributed by atoms with Crippen molar-refractivity contribution in [2.75, 3.05) is 19.8 Å². The van der Waals surface area contributed by atoms with E-state index in [1.54, 1.807) is 52.0 Å². The van der Waals surface area contributed by atoms with E-state index in [1.165, 1.54) is 0 Å². The first-order valence-corrected chi connectivity index (χ1v) is 8.88. The van der Waals surface area contributed by atoms with Crippen molar-refractivity contribution in [1.82, 2.24) is 0 Å². The number of hydrogen-bond donors (Lipinski definition) is 0. The lowest BCUT2D eigenvalue weighted by atomic mass is 9.93. The summed E-state index contributed by atoms with van der Waals surface area (Å²) in [6, 6.07) is 8.88. The lowest BCUT2D eigenvalue weighted by Crippen LogP contribution is -2.39. The van der Waals surface area contributed by atoms with Crippen LogP contribution in [-0.4, -0.2) is 37.7 Å². The van der Waals surface area contributed by atoms with Gasteiger partial charge in [-0.1, -0.05) is 24.3 Å². The SMILES string of the molecule is CCOC(=O)C1(C(=O)OCC)[C@@H](c2ccccc2C)[C@]1(C#N)C(=O)OCC. The molecule has 0 aliphatic heterocycles. The van der Waals surface area contributed by atoms with Gasteiger partial charge in [-0.3, -0.25) is 14.4 Å². The molecular weight excluding hydrogens is 350 g/mol. The van der Waals surface area contributed by atoms with Crippen LogP contribution in [0.3, 0.4) is 0 Å².